The molecule has 3 rings (SSSR count). The van der Waals surface area contributed by atoms with Gasteiger partial charge in [-0.05, 0) is 30.3 Å². The molecular formula is C19H19BrN2O3. The van der Waals surface area contributed by atoms with E-state index in [4.69, 9.17) is 4.74 Å². The molecule has 0 aromatic heterocycles. The molecule has 130 valence electrons. The number of benzene rings is 2. The second kappa shape index (κ2) is 8.16. The molecule has 6 heteroatoms. The van der Waals surface area contributed by atoms with Crippen molar-refractivity contribution in [1.82, 2.24) is 9.80 Å². The van der Waals surface area contributed by atoms with Gasteiger partial charge in [0, 0.05) is 36.2 Å². The number of piperazine rings is 1. The summed E-state index contributed by atoms with van der Waals surface area (Å²) in [5, 5.41) is 0. The monoisotopic (exact) mass is 402 g/mol. The smallest absolute Gasteiger partial charge is 0.260 e. The van der Waals surface area contributed by atoms with Crippen LogP contribution in [0.2, 0.25) is 0 Å². The fourth-order valence-electron chi connectivity index (χ4n) is 2.72. The first-order chi connectivity index (χ1) is 12.1. The van der Waals surface area contributed by atoms with Crippen LogP contribution in [0.5, 0.6) is 5.75 Å². The van der Waals surface area contributed by atoms with Crippen molar-refractivity contribution >= 4 is 27.7 Å². The number of carbonyl (C=O) groups is 2. The molecule has 1 saturated heterocycles. The van der Waals surface area contributed by atoms with Gasteiger partial charge in [0.05, 0.1) is 0 Å². The fraction of sp³-hybridized carbons (Fsp3) is 0.263. The average molecular weight is 403 g/mol. The van der Waals surface area contributed by atoms with Crippen molar-refractivity contribution in [2.24, 2.45) is 0 Å². The Morgan fingerprint density at radius 1 is 0.920 bits per heavy atom. The Labute approximate surface area is 155 Å². The van der Waals surface area contributed by atoms with E-state index in [1.54, 1.807) is 9.80 Å². The second-order valence-electron chi connectivity index (χ2n) is 5.79. The van der Waals surface area contributed by atoms with Gasteiger partial charge in [0.15, 0.2) is 6.61 Å². The Morgan fingerprint density at radius 2 is 1.60 bits per heavy atom. The molecule has 1 fully saturated rings. The van der Waals surface area contributed by atoms with Crippen LogP contribution in [-0.2, 0) is 4.79 Å². The zero-order valence-corrected chi connectivity index (χ0v) is 15.3. The van der Waals surface area contributed by atoms with Gasteiger partial charge < -0.3 is 14.5 Å². The number of hydrogen-bond donors (Lipinski definition) is 0. The fourth-order valence-corrected chi connectivity index (χ4v) is 3.09. The summed E-state index contributed by atoms with van der Waals surface area (Å²) in [4.78, 5) is 28.2. The summed E-state index contributed by atoms with van der Waals surface area (Å²) in [6, 6.07) is 16.6. The molecule has 0 bridgehead atoms. The topological polar surface area (TPSA) is 49.9 Å². The van der Waals surface area contributed by atoms with E-state index in [1.165, 1.54) is 0 Å². The zero-order valence-electron chi connectivity index (χ0n) is 13.7. The van der Waals surface area contributed by atoms with Crippen molar-refractivity contribution in [3.63, 3.8) is 0 Å². The van der Waals surface area contributed by atoms with Gasteiger partial charge in [-0.15, -0.1) is 0 Å². The zero-order chi connectivity index (χ0) is 17.6. The van der Waals surface area contributed by atoms with Gasteiger partial charge >= 0.3 is 0 Å². The molecule has 0 spiro atoms. The number of ether oxygens (including phenoxy) is 1. The molecule has 0 unspecified atom stereocenters. The van der Waals surface area contributed by atoms with E-state index in [0.717, 1.165) is 4.47 Å². The van der Waals surface area contributed by atoms with Gasteiger partial charge in [-0.1, -0.05) is 40.2 Å². The van der Waals surface area contributed by atoms with Crippen LogP contribution in [0, 0.1) is 0 Å². The molecule has 0 saturated carbocycles. The number of carbonyl (C=O) groups excluding carboxylic acids is 2. The highest BCUT2D eigenvalue weighted by Crippen LogP contribution is 2.18. The third-order valence-electron chi connectivity index (χ3n) is 4.10. The van der Waals surface area contributed by atoms with E-state index < -0.39 is 0 Å². The molecule has 1 aliphatic rings. The highest BCUT2D eigenvalue weighted by molar-refractivity contribution is 9.10. The van der Waals surface area contributed by atoms with E-state index in [-0.39, 0.29) is 18.4 Å². The van der Waals surface area contributed by atoms with E-state index in [0.29, 0.717) is 37.5 Å². The minimum Gasteiger partial charge on any atom is -0.484 e. The van der Waals surface area contributed by atoms with Crippen LogP contribution in [-0.4, -0.2) is 54.4 Å². The van der Waals surface area contributed by atoms with Crippen LogP contribution in [0.25, 0.3) is 0 Å². The molecular weight excluding hydrogens is 384 g/mol. The molecule has 0 radical (unpaired) electrons. The quantitative estimate of drug-likeness (QED) is 0.789. The van der Waals surface area contributed by atoms with Gasteiger partial charge in [-0.25, -0.2) is 0 Å². The normalized spacial score (nSPS) is 14.3. The number of halogens is 1. The molecule has 5 nitrogen and oxygen atoms in total. The molecule has 2 aromatic carbocycles. The first-order valence-electron chi connectivity index (χ1n) is 8.14. The van der Waals surface area contributed by atoms with Crippen molar-refractivity contribution in [3.8, 4) is 5.75 Å². The van der Waals surface area contributed by atoms with Gasteiger partial charge in [0.1, 0.15) is 5.75 Å². The van der Waals surface area contributed by atoms with Crippen LogP contribution in [0.1, 0.15) is 10.4 Å². The van der Waals surface area contributed by atoms with Gasteiger partial charge in [0.2, 0.25) is 0 Å². The van der Waals surface area contributed by atoms with Crippen molar-refractivity contribution < 1.29 is 14.3 Å². The van der Waals surface area contributed by atoms with Crippen LogP contribution in [0.3, 0.4) is 0 Å². The Kier molecular flexibility index (Phi) is 5.71. The summed E-state index contributed by atoms with van der Waals surface area (Å²) >= 11 is 3.37. The van der Waals surface area contributed by atoms with Crippen LogP contribution >= 0.6 is 15.9 Å². The Hall–Kier alpha value is -2.34. The van der Waals surface area contributed by atoms with Crippen molar-refractivity contribution in [2.45, 2.75) is 0 Å². The summed E-state index contributed by atoms with van der Waals surface area (Å²) < 4.78 is 6.45. The third-order valence-corrected chi connectivity index (χ3v) is 4.59. The Bertz CT molecular complexity index is 743. The molecule has 1 heterocycles. The van der Waals surface area contributed by atoms with Crippen LogP contribution < -0.4 is 4.74 Å². The minimum atomic E-state index is -0.0632. The van der Waals surface area contributed by atoms with Crippen LogP contribution in [0.15, 0.2) is 59.1 Å². The van der Waals surface area contributed by atoms with Crippen molar-refractivity contribution in [3.05, 3.63) is 64.6 Å². The van der Waals surface area contributed by atoms with Crippen LogP contribution in [0.4, 0.5) is 0 Å². The average Bonchev–Trinajstić information content (AvgIpc) is 2.66. The summed E-state index contributed by atoms with van der Waals surface area (Å²) in [5.74, 6) is 0.602. The number of rotatable bonds is 4. The molecule has 2 aromatic rings. The predicted octanol–water partition coefficient (Wildman–Crippen LogP) is 2.81. The summed E-state index contributed by atoms with van der Waals surface area (Å²) in [7, 11) is 0. The predicted molar refractivity (Wildman–Crippen MR) is 98.6 cm³/mol. The lowest BCUT2D eigenvalue weighted by atomic mass is 10.2. The second-order valence-corrected chi connectivity index (χ2v) is 6.70. The highest BCUT2D eigenvalue weighted by atomic mass is 79.9. The van der Waals surface area contributed by atoms with Crippen molar-refractivity contribution in [1.29, 1.82) is 0 Å². The van der Waals surface area contributed by atoms with E-state index in [1.807, 2.05) is 54.6 Å². The summed E-state index contributed by atoms with van der Waals surface area (Å²) in [6.45, 7) is 2.13. The molecule has 1 aliphatic heterocycles. The standard InChI is InChI=1S/C19H19BrN2O3/c20-16-7-4-8-17(13-16)25-14-18(23)21-9-11-22(12-10-21)19(24)15-5-2-1-3-6-15/h1-8,13H,9-12,14H2. The molecule has 25 heavy (non-hydrogen) atoms. The maximum absolute atomic E-state index is 12.4. The third kappa shape index (κ3) is 4.60. The van der Waals surface area contributed by atoms with Crippen molar-refractivity contribution in [2.75, 3.05) is 32.8 Å². The van der Waals surface area contributed by atoms with Gasteiger partial charge in [-0.3, -0.25) is 9.59 Å². The first-order valence-corrected chi connectivity index (χ1v) is 8.93. The lowest BCUT2D eigenvalue weighted by Gasteiger charge is -2.34. The summed E-state index contributed by atoms with van der Waals surface area (Å²) in [5.41, 5.74) is 0.681. The Morgan fingerprint density at radius 3 is 2.28 bits per heavy atom. The summed E-state index contributed by atoms with van der Waals surface area (Å²) in [6.07, 6.45) is 0. The maximum Gasteiger partial charge on any atom is 0.260 e. The first kappa shape index (κ1) is 17.5. The molecule has 2 amide bonds. The molecule has 0 atom stereocenters. The Balaban J connectivity index is 1.48. The largest absolute Gasteiger partial charge is 0.484 e. The van der Waals surface area contributed by atoms with E-state index in [9.17, 15) is 9.59 Å². The molecule has 0 aliphatic carbocycles. The number of hydrogen-bond acceptors (Lipinski definition) is 3. The molecule has 0 N–H and O–H groups in total. The van der Waals surface area contributed by atoms with E-state index >= 15 is 0 Å². The maximum atomic E-state index is 12.4. The minimum absolute atomic E-state index is 0.00306. The van der Waals surface area contributed by atoms with Gasteiger partial charge in [-0.2, -0.15) is 0 Å². The lowest BCUT2D eigenvalue weighted by molar-refractivity contribution is -0.134. The van der Waals surface area contributed by atoms with E-state index in [2.05, 4.69) is 15.9 Å². The SMILES string of the molecule is O=C(COc1cccc(Br)c1)N1CCN(C(=O)c2ccccc2)CC1. The highest BCUT2D eigenvalue weighted by Gasteiger charge is 2.24. The lowest BCUT2D eigenvalue weighted by Crippen LogP contribution is -2.51. The van der Waals surface area contributed by atoms with Gasteiger partial charge in [0.25, 0.3) is 11.8 Å². The number of amides is 2. The number of nitrogens with zero attached hydrogens (tertiary/aromatic N) is 2.